The predicted molar refractivity (Wildman–Crippen MR) is 104 cm³/mol. The first kappa shape index (κ1) is 19.1. The largest absolute Gasteiger partial charge is 0.352 e. The normalized spacial score (nSPS) is 15.7. The van der Waals surface area contributed by atoms with E-state index in [2.05, 4.69) is 10.0 Å². The van der Waals surface area contributed by atoms with Gasteiger partial charge in [-0.1, -0.05) is 31.4 Å². The van der Waals surface area contributed by atoms with Crippen molar-refractivity contribution in [3.8, 4) is 0 Å². The molecule has 1 aliphatic rings. The van der Waals surface area contributed by atoms with Crippen molar-refractivity contribution in [3.63, 3.8) is 0 Å². The highest BCUT2D eigenvalue weighted by Crippen LogP contribution is 2.23. The molecule has 0 aliphatic heterocycles. The van der Waals surface area contributed by atoms with Gasteiger partial charge in [-0.25, -0.2) is 13.1 Å². The Morgan fingerprint density at radius 2 is 1.92 bits per heavy atom. The Labute approximate surface area is 158 Å². The lowest BCUT2D eigenvalue weighted by Gasteiger charge is -2.21. The Balaban J connectivity index is 1.61. The number of nitrogens with one attached hydrogen (secondary N) is 2. The molecule has 2 aromatic rings. The van der Waals surface area contributed by atoms with Crippen LogP contribution >= 0.6 is 11.3 Å². The number of hydrogen-bond acceptors (Lipinski definition) is 4. The Morgan fingerprint density at radius 3 is 2.65 bits per heavy atom. The van der Waals surface area contributed by atoms with Crippen LogP contribution in [-0.4, -0.2) is 20.9 Å². The molecule has 1 aliphatic carbocycles. The van der Waals surface area contributed by atoms with Crippen molar-refractivity contribution in [3.05, 3.63) is 52.2 Å². The molecule has 1 saturated carbocycles. The summed E-state index contributed by atoms with van der Waals surface area (Å²) >= 11 is 1.50. The summed E-state index contributed by atoms with van der Waals surface area (Å²) < 4.78 is 27.5. The third-order valence-corrected chi connectivity index (χ3v) is 6.97. The third kappa shape index (κ3) is 5.16. The van der Waals surface area contributed by atoms with Crippen molar-refractivity contribution in [2.45, 2.75) is 43.5 Å². The van der Waals surface area contributed by atoms with Gasteiger partial charge >= 0.3 is 0 Å². The molecule has 3 rings (SSSR count). The molecule has 0 saturated heterocycles. The Morgan fingerprint density at radius 1 is 1.12 bits per heavy atom. The van der Waals surface area contributed by atoms with Crippen molar-refractivity contribution in [1.29, 1.82) is 0 Å². The average molecular weight is 393 g/mol. The van der Waals surface area contributed by atoms with E-state index < -0.39 is 10.0 Å². The van der Waals surface area contributed by atoms with Crippen LogP contribution in [0, 0.1) is 5.92 Å². The van der Waals surface area contributed by atoms with Gasteiger partial charge in [0.2, 0.25) is 10.0 Å². The summed E-state index contributed by atoms with van der Waals surface area (Å²) in [6.45, 7) is 0.907. The molecule has 1 aromatic carbocycles. The van der Waals surface area contributed by atoms with Gasteiger partial charge in [0.05, 0.1) is 4.90 Å². The molecule has 1 heterocycles. The summed E-state index contributed by atoms with van der Waals surface area (Å²) in [6.07, 6.45) is 6.04. The van der Waals surface area contributed by atoms with Crippen LogP contribution in [0.25, 0.3) is 0 Å². The maximum absolute atomic E-state index is 12.5. The van der Waals surface area contributed by atoms with Crippen LogP contribution in [-0.2, 0) is 16.6 Å². The quantitative estimate of drug-likeness (QED) is 0.757. The van der Waals surface area contributed by atoms with Gasteiger partial charge in [-0.2, -0.15) is 0 Å². The van der Waals surface area contributed by atoms with Gasteiger partial charge in [-0.15, -0.1) is 11.3 Å². The number of carbonyl (C=O) groups excluding carboxylic acids is 1. The average Bonchev–Trinajstić information content (AvgIpc) is 3.19. The zero-order valence-corrected chi connectivity index (χ0v) is 16.2. The van der Waals surface area contributed by atoms with E-state index in [0.717, 1.165) is 17.7 Å². The van der Waals surface area contributed by atoms with E-state index >= 15 is 0 Å². The van der Waals surface area contributed by atoms with Gasteiger partial charge in [-0.3, -0.25) is 4.79 Å². The maximum Gasteiger partial charge on any atom is 0.251 e. The van der Waals surface area contributed by atoms with Crippen molar-refractivity contribution in [1.82, 2.24) is 10.0 Å². The zero-order chi connectivity index (χ0) is 18.4. The summed E-state index contributed by atoms with van der Waals surface area (Å²) in [7, 11) is -3.65. The maximum atomic E-state index is 12.5. The van der Waals surface area contributed by atoms with E-state index in [9.17, 15) is 13.2 Å². The second kappa shape index (κ2) is 8.79. The zero-order valence-electron chi connectivity index (χ0n) is 14.6. The van der Waals surface area contributed by atoms with E-state index in [1.807, 2.05) is 17.5 Å². The molecule has 7 heteroatoms. The van der Waals surface area contributed by atoms with Crippen LogP contribution in [0.15, 0.2) is 46.7 Å². The smallest absolute Gasteiger partial charge is 0.251 e. The molecular formula is C19H24N2O3S2. The summed E-state index contributed by atoms with van der Waals surface area (Å²) in [5.41, 5.74) is 0.375. The van der Waals surface area contributed by atoms with Gasteiger partial charge in [0.15, 0.2) is 0 Å². The van der Waals surface area contributed by atoms with Crippen LogP contribution < -0.4 is 10.0 Å². The molecule has 0 bridgehead atoms. The van der Waals surface area contributed by atoms with Gasteiger partial charge < -0.3 is 5.32 Å². The topological polar surface area (TPSA) is 75.3 Å². The molecule has 140 valence electrons. The molecule has 1 amide bonds. The number of sulfonamides is 1. The fraction of sp³-hybridized carbons (Fsp3) is 0.421. The number of carbonyl (C=O) groups is 1. The van der Waals surface area contributed by atoms with Gasteiger partial charge in [0, 0.05) is 23.5 Å². The molecule has 5 nitrogen and oxygen atoms in total. The van der Waals surface area contributed by atoms with Crippen LogP contribution in [0.5, 0.6) is 0 Å². The van der Waals surface area contributed by atoms with Crippen LogP contribution in [0.3, 0.4) is 0 Å². The number of amides is 1. The minimum atomic E-state index is -3.65. The van der Waals surface area contributed by atoms with Crippen molar-refractivity contribution in [2.75, 3.05) is 6.54 Å². The standard InChI is InChI=1S/C19H24N2O3S2/c22-19(20-13-15-6-2-1-3-7-15)16-8-4-10-18(12-16)26(23,24)21-14-17-9-5-11-25-17/h4-5,8-12,15,21H,1-3,6-7,13-14H2,(H,20,22). The lowest BCUT2D eigenvalue weighted by molar-refractivity contribution is 0.0943. The van der Waals surface area contributed by atoms with Crippen LogP contribution in [0.4, 0.5) is 0 Å². The number of hydrogen-bond donors (Lipinski definition) is 2. The lowest BCUT2D eigenvalue weighted by Crippen LogP contribution is -2.30. The van der Waals surface area contributed by atoms with Gasteiger partial charge in [0.1, 0.15) is 0 Å². The first-order chi connectivity index (χ1) is 12.5. The summed E-state index contributed by atoms with van der Waals surface area (Å²) in [5.74, 6) is 0.318. The fourth-order valence-corrected chi connectivity index (χ4v) is 4.99. The number of rotatable bonds is 7. The van der Waals surface area contributed by atoms with Gasteiger partial charge in [-0.05, 0) is 48.4 Å². The van der Waals surface area contributed by atoms with Crippen molar-refractivity contribution >= 4 is 27.3 Å². The first-order valence-corrected chi connectivity index (χ1v) is 11.3. The highest BCUT2D eigenvalue weighted by Gasteiger charge is 2.18. The minimum Gasteiger partial charge on any atom is -0.352 e. The van der Waals surface area contributed by atoms with Crippen molar-refractivity contribution in [2.24, 2.45) is 5.92 Å². The molecular weight excluding hydrogens is 368 g/mol. The first-order valence-electron chi connectivity index (χ1n) is 8.95. The highest BCUT2D eigenvalue weighted by atomic mass is 32.2. The summed E-state index contributed by atoms with van der Waals surface area (Å²) in [6, 6.07) is 9.96. The third-order valence-electron chi connectivity index (χ3n) is 4.70. The molecule has 1 fully saturated rings. The lowest BCUT2D eigenvalue weighted by atomic mass is 9.89. The second-order valence-electron chi connectivity index (χ2n) is 6.65. The van der Waals surface area contributed by atoms with E-state index in [4.69, 9.17) is 0 Å². The molecule has 1 aromatic heterocycles. The fourth-order valence-electron chi connectivity index (χ4n) is 3.20. The van der Waals surface area contributed by atoms with E-state index in [-0.39, 0.29) is 17.3 Å². The SMILES string of the molecule is O=C(NCC1CCCCC1)c1cccc(S(=O)(=O)NCc2cccs2)c1. The monoisotopic (exact) mass is 392 g/mol. The summed E-state index contributed by atoms with van der Waals surface area (Å²) in [5, 5.41) is 4.85. The van der Waals surface area contributed by atoms with E-state index in [1.54, 1.807) is 12.1 Å². The minimum absolute atomic E-state index is 0.111. The predicted octanol–water partition coefficient (Wildman–Crippen LogP) is 3.54. The number of benzene rings is 1. The van der Waals surface area contributed by atoms with Crippen LogP contribution in [0.2, 0.25) is 0 Å². The summed E-state index contributed by atoms with van der Waals surface area (Å²) in [4.78, 5) is 13.4. The van der Waals surface area contributed by atoms with E-state index in [0.29, 0.717) is 18.0 Å². The van der Waals surface area contributed by atoms with Crippen molar-refractivity contribution < 1.29 is 13.2 Å². The Hall–Kier alpha value is -1.70. The second-order valence-corrected chi connectivity index (χ2v) is 9.45. The molecule has 0 unspecified atom stereocenters. The Kier molecular flexibility index (Phi) is 6.45. The molecule has 0 atom stereocenters. The molecule has 2 N–H and O–H groups in total. The Bertz CT molecular complexity index is 826. The molecule has 26 heavy (non-hydrogen) atoms. The molecule has 0 radical (unpaired) electrons. The van der Waals surface area contributed by atoms with E-state index in [1.165, 1.54) is 42.7 Å². The van der Waals surface area contributed by atoms with Crippen LogP contribution in [0.1, 0.15) is 47.3 Å². The highest BCUT2D eigenvalue weighted by molar-refractivity contribution is 7.89. The molecule has 0 spiro atoms. The van der Waals surface area contributed by atoms with Gasteiger partial charge in [0.25, 0.3) is 5.91 Å². The number of thiophene rings is 1.